The Morgan fingerprint density at radius 1 is 1.58 bits per heavy atom. The first kappa shape index (κ1) is 10.0. The van der Waals surface area contributed by atoms with Crippen molar-refractivity contribution in [1.82, 2.24) is 0 Å². The molecule has 70 valence electrons. The molecule has 0 bridgehead atoms. The van der Waals surface area contributed by atoms with E-state index >= 15 is 0 Å². The lowest BCUT2D eigenvalue weighted by Gasteiger charge is -2.45. The quantitative estimate of drug-likeness (QED) is 0.449. The Kier molecular flexibility index (Phi) is 2.50. The van der Waals surface area contributed by atoms with Crippen molar-refractivity contribution in [3.8, 4) is 0 Å². The summed E-state index contributed by atoms with van der Waals surface area (Å²) in [6.07, 6.45) is 3.27. The summed E-state index contributed by atoms with van der Waals surface area (Å²) in [5, 5.41) is 0. The third-order valence-electron chi connectivity index (χ3n) is 3.06. The average molecular weight is 184 g/mol. The summed E-state index contributed by atoms with van der Waals surface area (Å²) in [6, 6.07) is 1.29. The molecule has 1 rings (SSSR count). The van der Waals surface area contributed by atoms with E-state index in [4.69, 9.17) is 4.43 Å². The highest BCUT2D eigenvalue weighted by Gasteiger charge is 2.41. The predicted octanol–water partition coefficient (Wildman–Crippen LogP) is 3.19. The second-order valence-electron chi connectivity index (χ2n) is 4.69. The molecule has 12 heavy (non-hydrogen) atoms. The maximum absolute atomic E-state index is 6.14. The van der Waals surface area contributed by atoms with Crippen LogP contribution in [0.4, 0.5) is 0 Å². The van der Waals surface area contributed by atoms with Crippen molar-refractivity contribution >= 4 is 8.32 Å². The molecule has 0 spiro atoms. The monoisotopic (exact) mass is 184 g/mol. The van der Waals surface area contributed by atoms with Crippen LogP contribution in [0.25, 0.3) is 0 Å². The Bertz CT molecular complexity index is 188. The lowest BCUT2D eigenvalue weighted by Crippen LogP contribution is -2.49. The molecular formula is C10H20OSi. The van der Waals surface area contributed by atoms with Gasteiger partial charge in [-0.05, 0) is 38.4 Å². The fourth-order valence-electron chi connectivity index (χ4n) is 1.84. The zero-order valence-corrected chi connectivity index (χ0v) is 9.68. The van der Waals surface area contributed by atoms with Gasteiger partial charge in [0.25, 0.3) is 0 Å². The highest BCUT2D eigenvalue weighted by molar-refractivity contribution is 6.71. The Labute approximate surface area is 76.9 Å². The summed E-state index contributed by atoms with van der Waals surface area (Å²) in [5.74, 6) is 0.621. The Hall–Kier alpha value is -0.0831. The van der Waals surface area contributed by atoms with Gasteiger partial charge in [-0.15, -0.1) is 6.58 Å². The summed E-state index contributed by atoms with van der Waals surface area (Å²) in [4.78, 5) is 0. The molecule has 0 aromatic heterocycles. The van der Waals surface area contributed by atoms with Gasteiger partial charge in [-0.2, -0.15) is 0 Å². The summed E-state index contributed by atoms with van der Waals surface area (Å²) in [6.45, 7) is 12.9. The number of rotatable bonds is 1. The fraction of sp³-hybridized carbons (Fsp3) is 0.800. The summed E-state index contributed by atoms with van der Waals surface area (Å²) >= 11 is 0. The van der Waals surface area contributed by atoms with E-state index in [-0.39, 0.29) is 5.60 Å². The van der Waals surface area contributed by atoms with Gasteiger partial charge in [-0.25, -0.2) is 0 Å². The molecule has 1 nitrogen and oxygen atoms in total. The molecule has 0 aromatic rings. The molecule has 2 heteroatoms. The summed E-state index contributed by atoms with van der Waals surface area (Å²) < 4.78 is 6.14. The van der Waals surface area contributed by atoms with Crippen LogP contribution in [0.1, 0.15) is 20.3 Å². The van der Waals surface area contributed by atoms with Crippen molar-refractivity contribution in [2.24, 2.45) is 5.92 Å². The third kappa shape index (κ3) is 1.80. The van der Waals surface area contributed by atoms with E-state index in [0.29, 0.717) is 5.92 Å². The highest BCUT2D eigenvalue weighted by atomic mass is 28.4. The lowest BCUT2D eigenvalue weighted by atomic mass is 9.89. The molecule has 1 aliphatic rings. The van der Waals surface area contributed by atoms with Crippen LogP contribution in [-0.4, -0.2) is 13.9 Å². The largest absolute Gasteiger partial charge is 0.409 e. The van der Waals surface area contributed by atoms with Crippen LogP contribution in [0.3, 0.4) is 0 Å². The van der Waals surface area contributed by atoms with Crippen LogP contribution < -0.4 is 0 Å². The zero-order valence-electron chi connectivity index (χ0n) is 8.68. The first-order valence-electron chi connectivity index (χ1n) is 4.73. The topological polar surface area (TPSA) is 9.23 Å². The molecule has 0 radical (unpaired) electrons. The first-order valence-corrected chi connectivity index (χ1v) is 7.85. The van der Waals surface area contributed by atoms with Crippen LogP contribution >= 0.6 is 0 Å². The van der Waals surface area contributed by atoms with Gasteiger partial charge in [0.15, 0.2) is 8.32 Å². The minimum Gasteiger partial charge on any atom is -0.409 e. The minimum absolute atomic E-state index is 0.0615. The second-order valence-corrected chi connectivity index (χ2v) is 8.91. The van der Waals surface area contributed by atoms with Crippen molar-refractivity contribution in [2.75, 3.05) is 0 Å². The van der Waals surface area contributed by atoms with Gasteiger partial charge in [0.1, 0.15) is 0 Å². The summed E-state index contributed by atoms with van der Waals surface area (Å²) in [5.41, 5.74) is -0.0615. The zero-order chi connectivity index (χ0) is 9.41. The average Bonchev–Trinajstić information content (AvgIpc) is 1.97. The molecule has 0 saturated carbocycles. The predicted molar refractivity (Wildman–Crippen MR) is 55.8 cm³/mol. The summed E-state index contributed by atoms with van der Waals surface area (Å²) in [7, 11) is -1.36. The first-order chi connectivity index (χ1) is 5.40. The Morgan fingerprint density at radius 2 is 2.17 bits per heavy atom. The molecule has 1 fully saturated rings. The Morgan fingerprint density at radius 3 is 2.58 bits per heavy atom. The van der Waals surface area contributed by atoms with Gasteiger partial charge in [0.05, 0.1) is 5.60 Å². The van der Waals surface area contributed by atoms with Gasteiger partial charge in [0, 0.05) is 0 Å². The molecule has 0 N–H and O–H groups in total. The molecule has 0 aliphatic carbocycles. The molecule has 2 atom stereocenters. The maximum atomic E-state index is 6.14. The van der Waals surface area contributed by atoms with Gasteiger partial charge in [0.2, 0.25) is 0 Å². The van der Waals surface area contributed by atoms with Crippen molar-refractivity contribution < 1.29 is 4.43 Å². The molecular weight excluding hydrogens is 164 g/mol. The van der Waals surface area contributed by atoms with Crippen molar-refractivity contribution in [2.45, 2.75) is 45.0 Å². The maximum Gasteiger partial charge on any atom is 0.187 e. The molecule has 1 aliphatic heterocycles. The molecule has 0 aromatic carbocycles. The highest BCUT2D eigenvalue weighted by Crippen LogP contribution is 2.38. The molecule has 1 heterocycles. The molecule has 2 unspecified atom stereocenters. The van der Waals surface area contributed by atoms with E-state index < -0.39 is 8.32 Å². The van der Waals surface area contributed by atoms with E-state index in [2.05, 4.69) is 33.5 Å². The third-order valence-corrected chi connectivity index (χ3v) is 5.54. The van der Waals surface area contributed by atoms with E-state index in [9.17, 15) is 0 Å². The van der Waals surface area contributed by atoms with E-state index in [1.807, 2.05) is 6.08 Å². The van der Waals surface area contributed by atoms with Crippen LogP contribution in [-0.2, 0) is 4.43 Å². The standard InChI is InChI=1S/C10H20OSi/c1-6-10(3)9(2)7-8-12(4,5)11-10/h6,9H,1,7-8H2,2-5H3. The van der Waals surface area contributed by atoms with E-state index in [0.717, 1.165) is 0 Å². The second kappa shape index (κ2) is 3.00. The van der Waals surface area contributed by atoms with E-state index in [1.54, 1.807) is 0 Å². The smallest absolute Gasteiger partial charge is 0.187 e. The van der Waals surface area contributed by atoms with Crippen molar-refractivity contribution in [3.63, 3.8) is 0 Å². The number of hydrogen-bond donors (Lipinski definition) is 0. The number of hydrogen-bond acceptors (Lipinski definition) is 1. The lowest BCUT2D eigenvalue weighted by molar-refractivity contribution is 0.0511. The fourth-order valence-corrected chi connectivity index (χ4v) is 4.55. The molecule has 0 amide bonds. The normalized spacial score (nSPS) is 40.8. The van der Waals surface area contributed by atoms with Gasteiger partial charge >= 0.3 is 0 Å². The van der Waals surface area contributed by atoms with E-state index in [1.165, 1.54) is 12.5 Å². The van der Waals surface area contributed by atoms with Crippen LogP contribution in [0.5, 0.6) is 0 Å². The van der Waals surface area contributed by atoms with Crippen molar-refractivity contribution in [3.05, 3.63) is 12.7 Å². The van der Waals surface area contributed by atoms with Crippen LogP contribution in [0, 0.1) is 5.92 Å². The van der Waals surface area contributed by atoms with Crippen LogP contribution in [0.15, 0.2) is 12.7 Å². The van der Waals surface area contributed by atoms with Gasteiger partial charge in [-0.1, -0.05) is 13.0 Å². The SMILES string of the molecule is C=CC1(C)O[Si](C)(C)CCC1C. The molecule has 1 saturated heterocycles. The van der Waals surface area contributed by atoms with Crippen molar-refractivity contribution in [1.29, 1.82) is 0 Å². The Balaban J connectivity index is 2.79. The van der Waals surface area contributed by atoms with Crippen LogP contribution in [0.2, 0.25) is 19.1 Å². The minimum atomic E-state index is -1.36. The van der Waals surface area contributed by atoms with Gasteiger partial charge < -0.3 is 4.43 Å². The van der Waals surface area contributed by atoms with Gasteiger partial charge in [-0.3, -0.25) is 0 Å².